The van der Waals surface area contributed by atoms with Gasteiger partial charge in [0.1, 0.15) is 0 Å². The molecule has 2 rings (SSSR count). The van der Waals surface area contributed by atoms with E-state index in [4.69, 9.17) is 5.73 Å². The van der Waals surface area contributed by atoms with E-state index in [2.05, 4.69) is 0 Å². The number of rotatable bonds is 3. The molecule has 98 valence electrons. The summed E-state index contributed by atoms with van der Waals surface area (Å²) in [6.07, 6.45) is 0. The number of carboxylic acids is 1. The quantitative estimate of drug-likeness (QED) is 0.885. The molecular formula is C16H17NO2. The number of aromatic carboxylic acids is 1. The second-order valence-corrected chi connectivity index (χ2v) is 4.62. The van der Waals surface area contributed by atoms with Crippen molar-refractivity contribution in [3.05, 3.63) is 58.7 Å². The van der Waals surface area contributed by atoms with Crippen LogP contribution in [-0.2, 0) is 6.54 Å². The SMILES string of the molecule is Cc1cccc(CN)c1-c1c(C)cccc1C(=O)O. The fourth-order valence-electron chi connectivity index (χ4n) is 2.43. The van der Waals surface area contributed by atoms with Crippen LogP contribution >= 0.6 is 0 Å². The predicted octanol–water partition coefficient (Wildman–Crippen LogP) is 3.13. The van der Waals surface area contributed by atoms with E-state index in [0.717, 1.165) is 27.8 Å². The zero-order chi connectivity index (χ0) is 14.0. The Kier molecular flexibility index (Phi) is 3.67. The number of benzene rings is 2. The van der Waals surface area contributed by atoms with Gasteiger partial charge in [-0.1, -0.05) is 30.3 Å². The molecule has 0 heterocycles. The minimum absolute atomic E-state index is 0.323. The monoisotopic (exact) mass is 255 g/mol. The van der Waals surface area contributed by atoms with Crippen LogP contribution in [0, 0.1) is 13.8 Å². The second kappa shape index (κ2) is 5.24. The van der Waals surface area contributed by atoms with Crippen molar-refractivity contribution in [1.82, 2.24) is 0 Å². The van der Waals surface area contributed by atoms with Gasteiger partial charge in [0.25, 0.3) is 0 Å². The highest BCUT2D eigenvalue weighted by Crippen LogP contribution is 2.33. The molecule has 2 aromatic carbocycles. The van der Waals surface area contributed by atoms with Gasteiger partial charge in [-0.2, -0.15) is 0 Å². The highest BCUT2D eigenvalue weighted by Gasteiger charge is 2.17. The van der Waals surface area contributed by atoms with E-state index in [9.17, 15) is 9.90 Å². The Morgan fingerprint density at radius 1 is 1.05 bits per heavy atom. The molecule has 0 fully saturated rings. The standard InChI is InChI=1S/C16H17NO2/c1-10-5-3-7-12(9-17)14(10)15-11(2)6-4-8-13(15)16(18)19/h3-8H,9,17H2,1-2H3,(H,18,19). The molecule has 0 aromatic heterocycles. The Bertz CT molecular complexity index is 633. The lowest BCUT2D eigenvalue weighted by Gasteiger charge is -2.16. The van der Waals surface area contributed by atoms with Crippen LogP contribution in [0.1, 0.15) is 27.0 Å². The van der Waals surface area contributed by atoms with E-state index in [-0.39, 0.29) is 0 Å². The van der Waals surface area contributed by atoms with Gasteiger partial charge in [0.15, 0.2) is 0 Å². The summed E-state index contributed by atoms with van der Waals surface area (Å²) >= 11 is 0. The molecule has 3 heteroatoms. The molecule has 2 aromatic rings. The number of aryl methyl sites for hydroxylation is 2. The van der Waals surface area contributed by atoms with Gasteiger partial charge in [0.05, 0.1) is 5.56 Å². The van der Waals surface area contributed by atoms with E-state index in [1.807, 2.05) is 38.1 Å². The Hall–Kier alpha value is -2.13. The minimum atomic E-state index is -0.912. The lowest BCUT2D eigenvalue weighted by molar-refractivity contribution is 0.0697. The van der Waals surface area contributed by atoms with Gasteiger partial charge in [0.2, 0.25) is 0 Å². The second-order valence-electron chi connectivity index (χ2n) is 4.62. The molecule has 0 aliphatic heterocycles. The van der Waals surface area contributed by atoms with Crippen molar-refractivity contribution in [1.29, 1.82) is 0 Å². The van der Waals surface area contributed by atoms with Crippen molar-refractivity contribution in [2.75, 3.05) is 0 Å². The van der Waals surface area contributed by atoms with Crippen LogP contribution in [0.4, 0.5) is 0 Å². The third kappa shape index (κ3) is 2.37. The van der Waals surface area contributed by atoms with Crippen molar-refractivity contribution < 1.29 is 9.90 Å². The van der Waals surface area contributed by atoms with Gasteiger partial charge in [-0.3, -0.25) is 0 Å². The van der Waals surface area contributed by atoms with Crippen molar-refractivity contribution in [3.63, 3.8) is 0 Å². The maximum absolute atomic E-state index is 11.4. The summed E-state index contributed by atoms with van der Waals surface area (Å²) in [5.74, 6) is -0.912. The number of hydrogen-bond donors (Lipinski definition) is 2. The van der Waals surface area contributed by atoms with Crippen molar-refractivity contribution in [2.45, 2.75) is 20.4 Å². The smallest absolute Gasteiger partial charge is 0.336 e. The number of nitrogens with two attached hydrogens (primary N) is 1. The highest BCUT2D eigenvalue weighted by molar-refractivity contribution is 5.98. The molecule has 0 aliphatic carbocycles. The van der Waals surface area contributed by atoms with Crippen LogP contribution in [0.25, 0.3) is 11.1 Å². The molecule has 0 radical (unpaired) electrons. The summed E-state index contributed by atoms with van der Waals surface area (Å²) in [6, 6.07) is 11.2. The number of carboxylic acid groups (broad SMARTS) is 1. The number of carbonyl (C=O) groups is 1. The van der Waals surface area contributed by atoms with Gasteiger partial charge >= 0.3 is 5.97 Å². The van der Waals surface area contributed by atoms with Gasteiger partial charge < -0.3 is 10.8 Å². The molecule has 19 heavy (non-hydrogen) atoms. The molecule has 0 spiro atoms. The van der Waals surface area contributed by atoms with Crippen LogP contribution in [0.15, 0.2) is 36.4 Å². The van der Waals surface area contributed by atoms with Gasteiger partial charge in [0, 0.05) is 6.54 Å². The van der Waals surface area contributed by atoms with Crippen molar-refractivity contribution >= 4 is 5.97 Å². The summed E-state index contributed by atoms with van der Waals surface area (Å²) in [7, 11) is 0. The zero-order valence-corrected chi connectivity index (χ0v) is 11.1. The molecule has 0 aliphatic rings. The zero-order valence-electron chi connectivity index (χ0n) is 11.1. The van der Waals surface area contributed by atoms with Gasteiger partial charge in [-0.05, 0) is 47.7 Å². The largest absolute Gasteiger partial charge is 0.478 e. The summed E-state index contributed by atoms with van der Waals surface area (Å²) in [5.41, 5.74) is 10.8. The van der Waals surface area contributed by atoms with Crippen LogP contribution in [-0.4, -0.2) is 11.1 Å². The summed E-state index contributed by atoms with van der Waals surface area (Å²) < 4.78 is 0. The lowest BCUT2D eigenvalue weighted by atomic mass is 9.88. The first kappa shape index (κ1) is 13.3. The first-order valence-corrected chi connectivity index (χ1v) is 6.18. The topological polar surface area (TPSA) is 63.3 Å². The molecule has 0 bridgehead atoms. The van der Waals surface area contributed by atoms with Crippen LogP contribution in [0.3, 0.4) is 0 Å². The van der Waals surface area contributed by atoms with Crippen LogP contribution in [0.2, 0.25) is 0 Å². The average molecular weight is 255 g/mol. The van der Waals surface area contributed by atoms with Crippen molar-refractivity contribution in [3.8, 4) is 11.1 Å². The van der Waals surface area contributed by atoms with Gasteiger partial charge in [-0.25, -0.2) is 4.79 Å². The molecule has 0 unspecified atom stereocenters. The van der Waals surface area contributed by atoms with E-state index in [1.54, 1.807) is 12.1 Å². The van der Waals surface area contributed by atoms with Crippen LogP contribution < -0.4 is 5.73 Å². The Balaban J connectivity index is 2.82. The fourth-order valence-corrected chi connectivity index (χ4v) is 2.43. The molecule has 3 N–H and O–H groups in total. The fraction of sp³-hybridized carbons (Fsp3) is 0.188. The van der Waals surface area contributed by atoms with E-state index < -0.39 is 5.97 Å². The van der Waals surface area contributed by atoms with Crippen molar-refractivity contribution in [2.24, 2.45) is 5.73 Å². The molecular weight excluding hydrogens is 238 g/mol. The maximum Gasteiger partial charge on any atom is 0.336 e. The Labute approximate surface area is 112 Å². The summed E-state index contributed by atoms with van der Waals surface area (Å²) in [5, 5.41) is 9.37. The van der Waals surface area contributed by atoms with E-state index >= 15 is 0 Å². The third-order valence-corrected chi connectivity index (χ3v) is 3.33. The average Bonchev–Trinajstić information content (AvgIpc) is 2.38. The predicted molar refractivity (Wildman–Crippen MR) is 76.2 cm³/mol. The first-order chi connectivity index (χ1) is 9.06. The summed E-state index contributed by atoms with van der Waals surface area (Å²) in [4.78, 5) is 11.4. The molecule has 0 saturated heterocycles. The first-order valence-electron chi connectivity index (χ1n) is 6.18. The lowest BCUT2D eigenvalue weighted by Crippen LogP contribution is -2.06. The Morgan fingerprint density at radius 3 is 2.21 bits per heavy atom. The van der Waals surface area contributed by atoms with E-state index in [1.165, 1.54) is 0 Å². The van der Waals surface area contributed by atoms with Gasteiger partial charge in [-0.15, -0.1) is 0 Å². The molecule has 3 nitrogen and oxygen atoms in total. The highest BCUT2D eigenvalue weighted by atomic mass is 16.4. The molecule has 0 amide bonds. The summed E-state index contributed by atoms with van der Waals surface area (Å²) in [6.45, 7) is 4.30. The molecule has 0 atom stereocenters. The number of hydrogen-bond acceptors (Lipinski definition) is 2. The molecule has 0 saturated carbocycles. The Morgan fingerprint density at radius 2 is 1.63 bits per heavy atom. The van der Waals surface area contributed by atoms with E-state index in [0.29, 0.717) is 12.1 Å². The van der Waals surface area contributed by atoms with Crippen LogP contribution in [0.5, 0.6) is 0 Å². The maximum atomic E-state index is 11.4. The normalized spacial score (nSPS) is 10.5. The minimum Gasteiger partial charge on any atom is -0.478 e. The third-order valence-electron chi connectivity index (χ3n) is 3.33.